The van der Waals surface area contributed by atoms with Gasteiger partial charge in [0.15, 0.2) is 11.5 Å². The maximum Gasteiger partial charge on any atom is 0.179 e. The Morgan fingerprint density at radius 3 is 2.95 bits per heavy atom. The van der Waals surface area contributed by atoms with Gasteiger partial charge in [0, 0.05) is 25.6 Å². The summed E-state index contributed by atoms with van der Waals surface area (Å²) in [5, 5.41) is 7.70. The SMILES string of the molecule is Clc1cc(CNCc2ccon2)cc2c1OCCCO2. The van der Waals surface area contributed by atoms with Crippen LogP contribution in [-0.2, 0) is 13.1 Å². The summed E-state index contributed by atoms with van der Waals surface area (Å²) in [5.74, 6) is 1.36. The molecular weight excluding hydrogens is 280 g/mol. The Hall–Kier alpha value is -1.72. The van der Waals surface area contributed by atoms with Crippen molar-refractivity contribution >= 4 is 11.6 Å². The Morgan fingerprint density at radius 1 is 1.20 bits per heavy atom. The molecule has 2 heterocycles. The molecular formula is C14H15ClN2O3. The van der Waals surface area contributed by atoms with Crippen LogP contribution in [0, 0.1) is 0 Å². The van der Waals surface area contributed by atoms with Crippen molar-refractivity contribution in [2.75, 3.05) is 13.2 Å². The molecule has 1 aliphatic rings. The van der Waals surface area contributed by atoms with Gasteiger partial charge in [-0.15, -0.1) is 0 Å². The van der Waals surface area contributed by atoms with Gasteiger partial charge >= 0.3 is 0 Å². The fourth-order valence-electron chi connectivity index (χ4n) is 2.05. The molecule has 0 fully saturated rings. The number of benzene rings is 1. The molecule has 0 aliphatic carbocycles. The van der Waals surface area contributed by atoms with Crippen molar-refractivity contribution in [2.24, 2.45) is 0 Å². The van der Waals surface area contributed by atoms with Crippen LogP contribution < -0.4 is 14.8 Å². The number of rotatable bonds is 4. The summed E-state index contributed by atoms with van der Waals surface area (Å²) in [5.41, 5.74) is 1.91. The zero-order chi connectivity index (χ0) is 13.8. The van der Waals surface area contributed by atoms with Gasteiger partial charge in [-0.25, -0.2) is 0 Å². The van der Waals surface area contributed by atoms with Gasteiger partial charge in [0.1, 0.15) is 6.26 Å². The number of halogens is 1. The monoisotopic (exact) mass is 294 g/mol. The van der Waals surface area contributed by atoms with E-state index in [-0.39, 0.29) is 0 Å². The molecule has 0 saturated heterocycles. The molecule has 3 rings (SSSR count). The molecule has 0 bridgehead atoms. The van der Waals surface area contributed by atoms with E-state index >= 15 is 0 Å². The standard InChI is InChI=1S/C14H15ClN2O3/c15-12-6-10(8-16-9-11-2-5-20-17-11)7-13-14(12)19-4-1-3-18-13/h2,5-7,16H,1,3-4,8-9H2. The minimum atomic E-state index is 0.586. The molecule has 20 heavy (non-hydrogen) atoms. The molecule has 1 aliphatic heterocycles. The molecule has 5 nitrogen and oxygen atoms in total. The van der Waals surface area contributed by atoms with Gasteiger partial charge in [0.25, 0.3) is 0 Å². The highest BCUT2D eigenvalue weighted by Crippen LogP contribution is 2.37. The van der Waals surface area contributed by atoms with E-state index in [0.717, 1.165) is 17.7 Å². The summed E-state index contributed by atoms with van der Waals surface area (Å²) < 4.78 is 16.0. The average Bonchev–Trinajstić information content (AvgIpc) is 2.83. The van der Waals surface area contributed by atoms with Crippen LogP contribution in [0.15, 0.2) is 29.0 Å². The average molecular weight is 295 g/mol. The molecule has 0 unspecified atom stereocenters. The molecule has 0 saturated carbocycles. The van der Waals surface area contributed by atoms with E-state index in [1.807, 2.05) is 18.2 Å². The molecule has 0 atom stereocenters. The van der Waals surface area contributed by atoms with E-state index in [1.54, 1.807) is 6.26 Å². The van der Waals surface area contributed by atoms with Gasteiger partial charge in [-0.3, -0.25) is 0 Å². The van der Waals surface area contributed by atoms with E-state index < -0.39 is 0 Å². The van der Waals surface area contributed by atoms with E-state index in [1.165, 1.54) is 0 Å². The van der Waals surface area contributed by atoms with Crippen molar-refractivity contribution in [2.45, 2.75) is 19.5 Å². The van der Waals surface area contributed by atoms with E-state index in [2.05, 4.69) is 10.5 Å². The lowest BCUT2D eigenvalue weighted by Crippen LogP contribution is -2.13. The lowest BCUT2D eigenvalue weighted by atomic mass is 10.2. The summed E-state index contributed by atoms with van der Waals surface area (Å²) in [6.07, 6.45) is 2.42. The van der Waals surface area contributed by atoms with Crippen LogP contribution in [0.1, 0.15) is 17.7 Å². The zero-order valence-electron chi connectivity index (χ0n) is 10.9. The Kier molecular flexibility index (Phi) is 4.08. The lowest BCUT2D eigenvalue weighted by molar-refractivity contribution is 0.297. The number of fused-ring (bicyclic) bond motifs is 1. The van der Waals surface area contributed by atoms with Crippen molar-refractivity contribution < 1.29 is 14.0 Å². The normalized spacial score (nSPS) is 14.1. The summed E-state index contributed by atoms with van der Waals surface area (Å²) >= 11 is 6.24. The third kappa shape index (κ3) is 3.05. The minimum absolute atomic E-state index is 0.586. The van der Waals surface area contributed by atoms with Crippen LogP contribution in [0.25, 0.3) is 0 Å². The molecule has 1 aromatic heterocycles. The zero-order valence-corrected chi connectivity index (χ0v) is 11.7. The Balaban J connectivity index is 1.67. The quantitative estimate of drug-likeness (QED) is 0.939. The van der Waals surface area contributed by atoms with Crippen molar-refractivity contribution in [1.29, 1.82) is 0 Å². The van der Waals surface area contributed by atoms with E-state index in [4.69, 9.17) is 25.6 Å². The molecule has 1 aromatic carbocycles. The Labute approximate surface area is 121 Å². The first-order valence-electron chi connectivity index (χ1n) is 6.51. The van der Waals surface area contributed by atoms with Gasteiger partial charge in [-0.05, 0) is 17.7 Å². The highest BCUT2D eigenvalue weighted by molar-refractivity contribution is 6.32. The predicted molar refractivity (Wildman–Crippen MR) is 74.1 cm³/mol. The molecule has 2 aromatic rings. The minimum Gasteiger partial charge on any atom is -0.489 e. The second-order valence-electron chi connectivity index (χ2n) is 4.55. The van der Waals surface area contributed by atoms with Crippen LogP contribution in [0.5, 0.6) is 11.5 Å². The lowest BCUT2D eigenvalue weighted by Gasteiger charge is -2.11. The number of hydrogen-bond donors (Lipinski definition) is 1. The molecule has 0 spiro atoms. The van der Waals surface area contributed by atoms with Crippen LogP contribution >= 0.6 is 11.6 Å². The Bertz CT molecular complexity index is 572. The first-order valence-corrected chi connectivity index (χ1v) is 6.89. The number of aromatic nitrogens is 1. The molecule has 6 heteroatoms. The third-order valence-electron chi connectivity index (χ3n) is 2.99. The van der Waals surface area contributed by atoms with Crippen molar-refractivity contribution in [1.82, 2.24) is 10.5 Å². The largest absolute Gasteiger partial charge is 0.489 e. The molecule has 0 amide bonds. The van der Waals surface area contributed by atoms with Gasteiger partial charge in [0.2, 0.25) is 0 Å². The fourth-order valence-corrected chi connectivity index (χ4v) is 2.34. The van der Waals surface area contributed by atoms with Crippen molar-refractivity contribution in [3.63, 3.8) is 0 Å². The topological polar surface area (TPSA) is 56.5 Å². The van der Waals surface area contributed by atoms with E-state index in [9.17, 15) is 0 Å². The summed E-state index contributed by atoms with van der Waals surface area (Å²) in [4.78, 5) is 0. The number of ether oxygens (including phenoxy) is 2. The van der Waals surface area contributed by atoms with E-state index in [0.29, 0.717) is 42.8 Å². The highest BCUT2D eigenvalue weighted by atomic mass is 35.5. The van der Waals surface area contributed by atoms with Gasteiger partial charge in [-0.1, -0.05) is 16.8 Å². The Morgan fingerprint density at radius 2 is 2.10 bits per heavy atom. The summed E-state index contributed by atoms with van der Waals surface area (Å²) in [6, 6.07) is 5.68. The van der Waals surface area contributed by atoms with Crippen LogP contribution in [0.2, 0.25) is 5.02 Å². The first-order chi connectivity index (χ1) is 9.83. The first kappa shape index (κ1) is 13.3. The number of hydrogen-bond acceptors (Lipinski definition) is 5. The van der Waals surface area contributed by atoms with Crippen molar-refractivity contribution in [3.05, 3.63) is 40.7 Å². The number of nitrogens with zero attached hydrogens (tertiary/aromatic N) is 1. The summed E-state index contributed by atoms with van der Waals surface area (Å²) in [6.45, 7) is 2.60. The van der Waals surface area contributed by atoms with Gasteiger partial charge < -0.3 is 19.3 Å². The van der Waals surface area contributed by atoms with Crippen LogP contribution in [0.4, 0.5) is 0 Å². The molecule has 1 N–H and O–H groups in total. The van der Waals surface area contributed by atoms with Gasteiger partial charge in [0.05, 0.1) is 23.9 Å². The predicted octanol–water partition coefficient (Wildman–Crippen LogP) is 2.78. The highest BCUT2D eigenvalue weighted by Gasteiger charge is 2.15. The second kappa shape index (κ2) is 6.15. The maximum absolute atomic E-state index is 6.24. The second-order valence-corrected chi connectivity index (χ2v) is 4.96. The van der Waals surface area contributed by atoms with Crippen LogP contribution in [-0.4, -0.2) is 18.4 Å². The maximum atomic E-state index is 6.24. The summed E-state index contributed by atoms with van der Waals surface area (Å²) in [7, 11) is 0. The van der Waals surface area contributed by atoms with Gasteiger partial charge in [-0.2, -0.15) is 0 Å². The smallest absolute Gasteiger partial charge is 0.179 e. The third-order valence-corrected chi connectivity index (χ3v) is 3.27. The van der Waals surface area contributed by atoms with Crippen LogP contribution in [0.3, 0.4) is 0 Å². The molecule has 0 radical (unpaired) electrons. The molecule has 106 valence electrons. The fraction of sp³-hybridized carbons (Fsp3) is 0.357. The van der Waals surface area contributed by atoms with Crippen molar-refractivity contribution in [3.8, 4) is 11.5 Å². The number of nitrogens with one attached hydrogen (secondary N) is 1.